The van der Waals surface area contributed by atoms with Crippen molar-refractivity contribution in [1.82, 2.24) is 4.57 Å². The number of hydrogen-bond donors (Lipinski definition) is 2. The number of anilines is 4. The van der Waals surface area contributed by atoms with Crippen LogP contribution in [0.15, 0.2) is 60.0 Å². The Bertz CT molecular complexity index is 1240. The lowest BCUT2D eigenvalue weighted by molar-refractivity contribution is -0.111. The quantitative estimate of drug-likeness (QED) is 0.550. The van der Waals surface area contributed by atoms with Crippen molar-refractivity contribution in [2.75, 3.05) is 29.6 Å². The van der Waals surface area contributed by atoms with Gasteiger partial charge in [0.1, 0.15) is 11.5 Å². The molecule has 0 saturated carbocycles. The van der Waals surface area contributed by atoms with Crippen molar-refractivity contribution in [3.05, 3.63) is 82.5 Å². The van der Waals surface area contributed by atoms with Crippen LogP contribution in [0.3, 0.4) is 0 Å². The standard InChI is InChI=1S/C25H27FN4O2/c1-7-23(31)27-19-8-9-21(28-24-15(2)10-18(26)11-16(24)3)20(13-19)17-12-22(29(4)5)25(32)30(6)14-17/h7-14,28H,1H2,2-6H3,(H,27,31). The number of nitrogens with zero attached hydrogens (tertiary/aromatic N) is 2. The third-order valence-electron chi connectivity index (χ3n) is 5.19. The number of carbonyl (C=O) groups is 1. The van der Waals surface area contributed by atoms with Gasteiger partial charge in [-0.2, -0.15) is 0 Å². The summed E-state index contributed by atoms with van der Waals surface area (Å²) in [5.41, 5.74) is 5.65. The molecule has 0 unspecified atom stereocenters. The van der Waals surface area contributed by atoms with Crippen LogP contribution in [0, 0.1) is 19.7 Å². The molecular weight excluding hydrogens is 407 g/mol. The Morgan fingerprint density at radius 2 is 1.78 bits per heavy atom. The molecule has 2 aromatic carbocycles. The highest BCUT2D eigenvalue weighted by Gasteiger charge is 2.15. The number of pyridine rings is 1. The highest BCUT2D eigenvalue weighted by atomic mass is 19.1. The minimum atomic E-state index is -0.323. The molecule has 0 saturated heterocycles. The molecule has 6 nitrogen and oxygen atoms in total. The highest BCUT2D eigenvalue weighted by molar-refractivity contribution is 6.00. The number of hydrogen-bond acceptors (Lipinski definition) is 4. The SMILES string of the molecule is C=CC(=O)Nc1ccc(Nc2c(C)cc(F)cc2C)c(-c2cc(N(C)C)c(=O)n(C)c2)c1. The van der Waals surface area contributed by atoms with Gasteiger partial charge < -0.3 is 20.1 Å². The summed E-state index contributed by atoms with van der Waals surface area (Å²) in [4.78, 5) is 26.1. The first-order chi connectivity index (χ1) is 15.1. The smallest absolute Gasteiger partial charge is 0.273 e. The second kappa shape index (κ2) is 9.09. The van der Waals surface area contributed by atoms with Gasteiger partial charge in [-0.1, -0.05) is 6.58 Å². The molecule has 0 fully saturated rings. The molecule has 1 amide bonds. The average molecular weight is 435 g/mol. The molecule has 1 aromatic heterocycles. The summed E-state index contributed by atoms with van der Waals surface area (Å²) in [5, 5.41) is 6.18. The summed E-state index contributed by atoms with van der Waals surface area (Å²) in [6.45, 7) is 7.17. The number of aryl methyl sites for hydroxylation is 3. The monoisotopic (exact) mass is 434 g/mol. The van der Waals surface area contributed by atoms with Crippen molar-refractivity contribution < 1.29 is 9.18 Å². The van der Waals surface area contributed by atoms with E-state index in [2.05, 4.69) is 17.2 Å². The molecule has 2 N–H and O–H groups in total. The van der Waals surface area contributed by atoms with Crippen LogP contribution in [0.5, 0.6) is 0 Å². The molecular formula is C25H27FN4O2. The number of aromatic nitrogens is 1. The fraction of sp³-hybridized carbons (Fsp3) is 0.200. The number of nitrogens with one attached hydrogen (secondary N) is 2. The fourth-order valence-electron chi connectivity index (χ4n) is 3.57. The average Bonchev–Trinajstić information content (AvgIpc) is 2.72. The Morgan fingerprint density at radius 3 is 2.38 bits per heavy atom. The molecule has 7 heteroatoms. The number of amides is 1. The molecule has 0 bridgehead atoms. The van der Waals surface area contributed by atoms with E-state index in [-0.39, 0.29) is 17.3 Å². The summed E-state index contributed by atoms with van der Waals surface area (Å²) < 4.78 is 15.3. The van der Waals surface area contributed by atoms with E-state index in [1.807, 2.05) is 46.1 Å². The normalized spacial score (nSPS) is 10.6. The van der Waals surface area contributed by atoms with Crippen LogP contribution in [0.2, 0.25) is 0 Å². The van der Waals surface area contributed by atoms with Gasteiger partial charge in [-0.05, 0) is 67.4 Å². The first-order valence-electron chi connectivity index (χ1n) is 10.1. The molecule has 0 spiro atoms. The van der Waals surface area contributed by atoms with E-state index in [0.717, 1.165) is 33.6 Å². The topological polar surface area (TPSA) is 66.4 Å². The maximum Gasteiger partial charge on any atom is 0.273 e. The Balaban J connectivity index is 2.20. The Kier molecular flexibility index (Phi) is 6.48. The van der Waals surface area contributed by atoms with Gasteiger partial charge in [0.25, 0.3) is 5.56 Å². The molecule has 3 rings (SSSR count). The number of rotatable bonds is 6. The summed E-state index contributed by atoms with van der Waals surface area (Å²) >= 11 is 0. The largest absolute Gasteiger partial charge is 0.373 e. The Hall–Kier alpha value is -3.87. The van der Waals surface area contributed by atoms with E-state index in [9.17, 15) is 14.0 Å². The van der Waals surface area contributed by atoms with Crippen LogP contribution < -0.4 is 21.1 Å². The van der Waals surface area contributed by atoms with Crippen LogP contribution in [0.4, 0.5) is 27.1 Å². The van der Waals surface area contributed by atoms with Crippen molar-refractivity contribution in [3.8, 4) is 11.1 Å². The predicted molar refractivity (Wildman–Crippen MR) is 129 cm³/mol. The van der Waals surface area contributed by atoms with E-state index in [4.69, 9.17) is 0 Å². The van der Waals surface area contributed by atoms with Gasteiger partial charge in [-0.25, -0.2) is 4.39 Å². The molecule has 32 heavy (non-hydrogen) atoms. The molecule has 0 atom stereocenters. The van der Waals surface area contributed by atoms with Crippen molar-refractivity contribution in [2.24, 2.45) is 7.05 Å². The van der Waals surface area contributed by atoms with Gasteiger partial charge in [-0.15, -0.1) is 0 Å². The zero-order valence-electron chi connectivity index (χ0n) is 18.9. The Morgan fingerprint density at radius 1 is 1.12 bits per heavy atom. The van der Waals surface area contributed by atoms with Gasteiger partial charge in [-0.3, -0.25) is 9.59 Å². The highest BCUT2D eigenvalue weighted by Crippen LogP contribution is 2.35. The van der Waals surface area contributed by atoms with Crippen LogP contribution in [-0.2, 0) is 11.8 Å². The zero-order chi connectivity index (χ0) is 23.6. The second-order valence-corrected chi connectivity index (χ2v) is 7.92. The lowest BCUT2D eigenvalue weighted by atomic mass is 10.0. The Labute approximate surface area is 187 Å². The number of benzene rings is 2. The van der Waals surface area contributed by atoms with Crippen molar-refractivity contribution in [3.63, 3.8) is 0 Å². The van der Waals surface area contributed by atoms with Crippen LogP contribution in [0.1, 0.15) is 11.1 Å². The van der Waals surface area contributed by atoms with Crippen LogP contribution >= 0.6 is 0 Å². The summed E-state index contributed by atoms with van der Waals surface area (Å²) in [5.74, 6) is -0.613. The van der Waals surface area contributed by atoms with Crippen molar-refractivity contribution >= 4 is 28.7 Å². The predicted octanol–water partition coefficient (Wildman–Crippen LogP) is 4.74. The minimum Gasteiger partial charge on any atom is -0.373 e. The van der Waals surface area contributed by atoms with Gasteiger partial charge in [0.05, 0.1) is 0 Å². The van der Waals surface area contributed by atoms with Gasteiger partial charge in [0.2, 0.25) is 5.91 Å². The lowest BCUT2D eigenvalue weighted by Crippen LogP contribution is -2.25. The zero-order valence-corrected chi connectivity index (χ0v) is 18.9. The molecule has 0 aliphatic carbocycles. The lowest BCUT2D eigenvalue weighted by Gasteiger charge is -2.20. The molecule has 0 aliphatic heterocycles. The third kappa shape index (κ3) is 4.72. The number of carbonyl (C=O) groups excluding carboxylic acids is 1. The van der Waals surface area contributed by atoms with Crippen molar-refractivity contribution in [2.45, 2.75) is 13.8 Å². The minimum absolute atomic E-state index is 0.116. The molecule has 0 radical (unpaired) electrons. The van der Waals surface area contributed by atoms with Gasteiger partial charge >= 0.3 is 0 Å². The first kappa shape index (κ1) is 22.8. The molecule has 3 aromatic rings. The van der Waals surface area contributed by atoms with Gasteiger partial charge in [0, 0.05) is 55.5 Å². The molecule has 0 aliphatic rings. The van der Waals surface area contributed by atoms with Crippen LogP contribution in [0.25, 0.3) is 11.1 Å². The van der Waals surface area contributed by atoms with Gasteiger partial charge in [0.15, 0.2) is 0 Å². The maximum atomic E-state index is 13.8. The molecule has 166 valence electrons. The van der Waals surface area contributed by atoms with Crippen molar-refractivity contribution in [1.29, 1.82) is 0 Å². The molecule has 1 heterocycles. The van der Waals surface area contributed by atoms with E-state index < -0.39 is 0 Å². The summed E-state index contributed by atoms with van der Waals surface area (Å²) in [7, 11) is 5.32. The number of halogens is 1. The fourth-order valence-corrected chi connectivity index (χ4v) is 3.57. The van der Waals surface area contributed by atoms with E-state index in [0.29, 0.717) is 11.4 Å². The maximum absolute atomic E-state index is 13.8. The summed E-state index contributed by atoms with van der Waals surface area (Å²) in [6.07, 6.45) is 2.95. The van der Waals surface area contributed by atoms with E-state index >= 15 is 0 Å². The van der Waals surface area contributed by atoms with E-state index in [1.165, 1.54) is 22.8 Å². The van der Waals surface area contributed by atoms with Crippen LogP contribution in [-0.4, -0.2) is 24.6 Å². The third-order valence-corrected chi connectivity index (χ3v) is 5.19. The summed E-state index contributed by atoms with van der Waals surface area (Å²) in [6, 6.07) is 10.2. The van der Waals surface area contributed by atoms with E-state index in [1.54, 1.807) is 24.2 Å². The second-order valence-electron chi connectivity index (χ2n) is 7.92. The first-order valence-corrected chi connectivity index (χ1v) is 10.1.